The molecule has 2 amide bonds. The molecule has 0 bridgehead atoms. The molecule has 0 atom stereocenters. The molecule has 2 rings (SSSR count). The maximum absolute atomic E-state index is 12.2. The first-order valence-electron chi connectivity index (χ1n) is 9.75. The molecule has 1 aromatic carbocycles. The van der Waals surface area contributed by atoms with Crippen molar-refractivity contribution in [2.45, 2.75) is 27.2 Å². The molecule has 0 aliphatic carbocycles. The molecule has 0 spiro atoms. The number of anilines is 2. The van der Waals surface area contributed by atoms with Gasteiger partial charge in [-0.25, -0.2) is 0 Å². The highest BCUT2D eigenvalue weighted by molar-refractivity contribution is 6.03. The molecule has 1 saturated heterocycles. The molecular weight excluding hydrogens is 344 g/mol. The van der Waals surface area contributed by atoms with Crippen molar-refractivity contribution in [2.75, 3.05) is 62.7 Å². The van der Waals surface area contributed by atoms with E-state index in [1.54, 1.807) is 0 Å². The van der Waals surface area contributed by atoms with Crippen LogP contribution in [-0.4, -0.2) is 69.2 Å². The van der Waals surface area contributed by atoms with Crippen LogP contribution in [0.25, 0.3) is 0 Å². The van der Waals surface area contributed by atoms with E-state index < -0.39 is 0 Å². The first-order chi connectivity index (χ1) is 13.0. The zero-order valence-electron chi connectivity index (χ0n) is 16.7. The molecule has 7 nitrogen and oxygen atoms in total. The Kier molecular flexibility index (Phi) is 8.54. The Morgan fingerprint density at radius 2 is 1.85 bits per heavy atom. The number of hydrogen-bond donors (Lipinski definition) is 2. The van der Waals surface area contributed by atoms with Crippen LogP contribution in [0.15, 0.2) is 18.2 Å². The molecule has 27 heavy (non-hydrogen) atoms. The molecule has 1 heterocycles. The van der Waals surface area contributed by atoms with Crippen molar-refractivity contribution in [1.29, 1.82) is 0 Å². The van der Waals surface area contributed by atoms with Gasteiger partial charge in [-0.05, 0) is 44.5 Å². The molecule has 2 N–H and O–H groups in total. The molecule has 1 aliphatic heterocycles. The van der Waals surface area contributed by atoms with Gasteiger partial charge in [0.1, 0.15) is 6.42 Å². The highest BCUT2D eigenvalue weighted by atomic mass is 16.5. The van der Waals surface area contributed by atoms with Gasteiger partial charge in [-0.1, -0.05) is 0 Å². The fourth-order valence-corrected chi connectivity index (χ4v) is 3.15. The zero-order chi connectivity index (χ0) is 19.6. The Labute approximate surface area is 162 Å². The predicted octanol–water partition coefficient (Wildman–Crippen LogP) is 1.62. The van der Waals surface area contributed by atoms with Gasteiger partial charge >= 0.3 is 0 Å². The Morgan fingerprint density at radius 1 is 1.15 bits per heavy atom. The van der Waals surface area contributed by atoms with Gasteiger partial charge in [0, 0.05) is 50.6 Å². The molecule has 0 aromatic heterocycles. The van der Waals surface area contributed by atoms with Crippen LogP contribution in [0.1, 0.15) is 25.8 Å². The first-order valence-corrected chi connectivity index (χ1v) is 9.75. The monoisotopic (exact) mass is 376 g/mol. The second kappa shape index (κ2) is 10.9. The van der Waals surface area contributed by atoms with Gasteiger partial charge in [0.15, 0.2) is 0 Å². The molecule has 1 fully saturated rings. The average Bonchev–Trinajstić information content (AvgIpc) is 2.65. The Morgan fingerprint density at radius 3 is 2.48 bits per heavy atom. The third kappa shape index (κ3) is 6.84. The number of hydrogen-bond acceptors (Lipinski definition) is 5. The second-order valence-corrected chi connectivity index (χ2v) is 6.70. The van der Waals surface area contributed by atoms with E-state index in [0.717, 1.165) is 62.9 Å². The highest BCUT2D eigenvalue weighted by Gasteiger charge is 2.13. The van der Waals surface area contributed by atoms with E-state index in [1.165, 1.54) is 0 Å². The molecule has 7 heteroatoms. The fourth-order valence-electron chi connectivity index (χ4n) is 3.15. The summed E-state index contributed by atoms with van der Waals surface area (Å²) in [6, 6.07) is 5.96. The van der Waals surface area contributed by atoms with E-state index in [9.17, 15) is 9.59 Å². The number of nitrogens with one attached hydrogen (secondary N) is 2. The van der Waals surface area contributed by atoms with E-state index in [1.807, 2.05) is 19.1 Å². The molecule has 0 radical (unpaired) electrons. The third-order valence-corrected chi connectivity index (χ3v) is 4.79. The number of rotatable bonds is 9. The number of amides is 2. The van der Waals surface area contributed by atoms with Crippen LogP contribution in [0, 0.1) is 6.92 Å². The Hall–Kier alpha value is -2.12. The van der Waals surface area contributed by atoms with Crippen molar-refractivity contribution in [2.24, 2.45) is 0 Å². The van der Waals surface area contributed by atoms with E-state index in [-0.39, 0.29) is 18.2 Å². The fraction of sp³-hybridized carbons (Fsp3) is 0.600. The van der Waals surface area contributed by atoms with E-state index in [4.69, 9.17) is 4.74 Å². The Balaban J connectivity index is 1.76. The van der Waals surface area contributed by atoms with Crippen LogP contribution in [-0.2, 0) is 14.3 Å². The van der Waals surface area contributed by atoms with Crippen LogP contribution in [0.3, 0.4) is 0 Å². The third-order valence-electron chi connectivity index (χ3n) is 4.79. The van der Waals surface area contributed by atoms with Crippen molar-refractivity contribution >= 4 is 23.2 Å². The maximum Gasteiger partial charge on any atom is 0.233 e. The minimum Gasteiger partial charge on any atom is -0.379 e. The number of carbonyl (C=O) groups excluding carboxylic acids is 2. The maximum atomic E-state index is 12.2. The van der Waals surface area contributed by atoms with E-state index in [2.05, 4.69) is 40.3 Å². The molecule has 0 saturated carbocycles. The van der Waals surface area contributed by atoms with Crippen LogP contribution in [0.5, 0.6) is 0 Å². The van der Waals surface area contributed by atoms with Crippen molar-refractivity contribution in [3.8, 4) is 0 Å². The quantitative estimate of drug-likeness (QED) is 0.641. The predicted molar refractivity (Wildman–Crippen MR) is 108 cm³/mol. The molecule has 150 valence electrons. The summed E-state index contributed by atoms with van der Waals surface area (Å²) in [5, 5.41) is 5.65. The number of morpholine rings is 1. The highest BCUT2D eigenvalue weighted by Crippen LogP contribution is 2.22. The van der Waals surface area contributed by atoms with Crippen molar-refractivity contribution in [3.63, 3.8) is 0 Å². The lowest BCUT2D eigenvalue weighted by Gasteiger charge is -2.26. The summed E-state index contributed by atoms with van der Waals surface area (Å²) in [5.74, 6) is -0.546. The van der Waals surface area contributed by atoms with Gasteiger partial charge in [-0.3, -0.25) is 14.5 Å². The van der Waals surface area contributed by atoms with Gasteiger partial charge in [-0.15, -0.1) is 0 Å². The van der Waals surface area contributed by atoms with Crippen LogP contribution >= 0.6 is 0 Å². The topological polar surface area (TPSA) is 73.9 Å². The number of carbonyl (C=O) groups is 2. The minimum atomic E-state index is -0.294. The lowest BCUT2D eigenvalue weighted by Crippen LogP contribution is -2.41. The van der Waals surface area contributed by atoms with Gasteiger partial charge in [0.05, 0.1) is 13.2 Å². The lowest BCUT2D eigenvalue weighted by molar-refractivity contribution is -0.126. The number of ether oxygens (including phenoxy) is 1. The summed E-state index contributed by atoms with van der Waals surface area (Å²) in [6.07, 6.45) is -0.166. The minimum absolute atomic E-state index is 0.166. The molecule has 0 unspecified atom stereocenters. The summed E-state index contributed by atoms with van der Waals surface area (Å²) < 4.78 is 5.29. The second-order valence-electron chi connectivity index (χ2n) is 6.70. The van der Waals surface area contributed by atoms with E-state index in [0.29, 0.717) is 6.54 Å². The lowest BCUT2D eigenvalue weighted by atomic mass is 10.1. The Bertz CT molecular complexity index is 626. The standard InChI is InChI=1S/C20H32N4O3/c1-4-24(5-2)17-6-7-18(16(3)14-17)22-20(26)15-19(25)21-8-9-23-10-12-27-13-11-23/h6-7,14H,4-5,8-13,15H2,1-3H3,(H,21,25)(H,22,26). The normalized spacial score (nSPS) is 14.6. The van der Waals surface area contributed by atoms with Gasteiger partial charge < -0.3 is 20.3 Å². The van der Waals surface area contributed by atoms with Crippen LogP contribution < -0.4 is 15.5 Å². The molecule has 1 aliphatic rings. The smallest absolute Gasteiger partial charge is 0.233 e. The molecular formula is C20H32N4O3. The first kappa shape index (κ1) is 21.2. The zero-order valence-corrected chi connectivity index (χ0v) is 16.7. The summed E-state index contributed by atoms with van der Waals surface area (Å²) in [7, 11) is 0. The summed E-state index contributed by atoms with van der Waals surface area (Å²) >= 11 is 0. The van der Waals surface area contributed by atoms with Crippen molar-refractivity contribution < 1.29 is 14.3 Å². The van der Waals surface area contributed by atoms with Gasteiger partial charge in [0.25, 0.3) is 0 Å². The summed E-state index contributed by atoms with van der Waals surface area (Å²) in [4.78, 5) is 28.6. The largest absolute Gasteiger partial charge is 0.379 e. The van der Waals surface area contributed by atoms with Crippen molar-refractivity contribution in [3.05, 3.63) is 23.8 Å². The van der Waals surface area contributed by atoms with Crippen LogP contribution in [0.2, 0.25) is 0 Å². The van der Waals surface area contributed by atoms with Crippen LogP contribution in [0.4, 0.5) is 11.4 Å². The SMILES string of the molecule is CCN(CC)c1ccc(NC(=O)CC(=O)NCCN2CCOCC2)c(C)c1. The summed E-state index contributed by atoms with van der Waals surface area (Å²) in [6.45, 7) is 12.7. The van der Waals surface area contributed by atoms with Gasteiger partial charge in [-0.2, -0.15) is 0 Å². The van der Waals surface area contributed by atoms with Gasteiger partial charge in [0.2, 0.25) is 11.8 Å². The number of nitrogens with zero attached hydrogens (tertiary/aromatic N) is 2. The average molecular weight is 377 g/mol. The molecule has 1 aromatic rings. The summed E-state index contributed by atoms with van der Waals surface area (Å²) in [5.41, 5.74) is 2.87. The van der Waals surface area contributed by atoms with E-state index >= 15 is 0 Å². The van der Waals surface area contributed by atoms with Crippen molar-refractivity contribution in [1.82, 2.24) is 10.2 Å². The number of aryl methyl sites for hydroxylation is 1. The number of benzene rings is 1.